The lowest BCUT2D eigenvalue weighted by atomic mass is 10.2. The maximum absolute atomic E-state index is 12.4. The van der Waals surface area contributed by atoms with Crippen LogP contribution in [0.4, 0.5) is 5.13 Å². The van der Waals surface area contributed by atoms with Crippen LogP contribution in [0, 0.1) is 0 Å². The fourth-order valence-corrected chi connectivity index (χ4v) is 3.94. The normalized spacial score (nSPS) is 10.7. The average Bonchev–Trinajstić information content (AvgIpc) is 3.14. The lowest BCUT2D eigenvalue weighted by Crippen LogP contribution is -2.23. The number of thioether (sulfide) groups is 1. The van der Waals surface area contributed by atoms with Crippen LogP contribution in [0.15, 0.2) is 57.8 Å². The van der Waals surface area contributed by atoms with Gasteiger partial charge in [-0.05, 0) is 11.6 Å². The lowest BCUT2D eigenvalue weighted by Gasteiger charge is -2.07. The molecule has 1 aromatic carbocycles. The molecule has 3 aromatic rings. The van der Waals surface area contributed by atoms with Gasteiger partial charge in [-0.15, -0.1) is 10.2 Å². The first kappa shape index (κ1) is 19.3. The Morgan fingerprint density at radius 3 is 2.81 bits per heavy atom. The maximum Gasteiger partial charge on any atom is 0.258 e. The molecule has 2 aromatic heterocycles. The minimum absolute atomic E-state index is 0.181. The van der Waals surface area contributed by atoms with Crippen LogP contribution in [0.3, 0.4) is 0 Å². The van der Waals surface area contributed by atoms with E-state index in [2.05, 4.69) is 27.6 Å². The van der Waals surface area contributed by atoms with Gasteiger partial charge in [-0.2, -0.15) is 0 Å². The molecule has 27 heavy (non-hydrogen) atoms. The SMILES string of the molecule is COCCn1cc(C(=O)Nc2nnc(SCc3ccccc3)s2)ccc1=O. The highest BCUT2D eigenvalue weighted by atomic mass is 32.2. The first-order chi connectivity index (χ1) is 13.2. The molecule has 2 heterocycles. The summed E-state index contributed by atoms with van der Waals surface area (Å²) in [7, 11) is 1.56. The van der Waals surface area contributed by atoms with E-state index in [1.807, 2.05) is 18.2 Å². The van der Waals surface area contributed by atoms with Gasteiger partial charge in [-0.3, -0.25) is 14.9 Å². The molecule has 0 saturated heterocycles. The molecule has 0 spiro atoms. The third-order valence-corrected chi connectivity index (χ3v) is 5.66. The lowest BCUT2D eigenvalue weighted by molar-refractivity contribution is 0.102. The highest BCUT2D eigenvalue weighted by Crippen LogP contribution is 2.28. The van der Waals surface area contributed by atoms with Crippen LogP contribution < -0.4 is 10.9 Å². The van der Waals surface area contributed by atoms with E-state index in [0.717, 1.165) is 10.1 Å². The van der Waals surface area contributed by atoms with Crippen LogP contribution >= 0.6 is 23.1 Å². The molecule has 0 bridgehead atoms. The Bertz CT molecular complexity index is 956. The van der Waals surface area contributed by atoms with Crippen molar-refractivity contribution in [3.63, 3.8) is 0 Å². The third kappa shape index (κ3) is 5.49. The number of nitrogens with zero attached hydrogens (tertiary/aromatic N) is 3. The second kappa shape index (κ2) is 9.45. The van der Waals surface area contributed by atoms with Crippen molar-refractivity contribution in [1.82, 2.24) is 14.8 Å². The van der Waals surface area contributed by atoms with E-state index < -0.39 is 0 Å². The zero-order valence-electron chi connectivity index (χ0n) is 14.6. The van der Waals surface area contributed by atoms with E-state index in [4.69, 9.17) is 4.74 Å². The van der Waals surface area contributed by atoms with Gasteiger partial charge in [-0.1, -0.05) is 53.4 Å². The van der Waals surface area contributed by atoms with Crippen molar-refractivity contribution < 1.29 is 9.53 Å². The van der Waals surface area contributed by atoms with E-state index in [1.54, 1.807) is 18.9 Å². The number of pyridine rings is 1. The number of amides is 1. The largest absolute Gasteiger partial charge is 0.383 e. The van der Waals surface area contributed by atoms with E-state index in [1.165, 1.54) is 39.8 Å². The molecule has 3 rings (SSSR count). The van der Waals surface area contributed by atoms with Crippen LogP contribution in [0.1, 0.15) is 15.9 Å². The Morgan fingerprint density at radius 1 is 1.22 bits per heavy atom. The predicted molar refractivity (Wildman–Crippen MR) is 106 cm³/mol. The molecule has 140 valence electrons. The van der Waals surface area contributed by atoms with Crippen molar-refractivity contribution in [2.75, 3.05) is 19.0 Å². The van der Waals surface area contributed by atoms with Gasteiger partial charge in [0, 0.05) is 31.7 Å². The molecule has 0 aliphatic carbocycles. The topological polar surface area (TPSA) is 86.1 Å². The number of anilines is 1. The third-order valence-electron chi connectivity index (χ3n) is 3.61. The van der Waals surface area contributed by atoms with E-state index in [9.17, 15) is 9.59 Å². The number of aromatic nitrogens is 3. The summed E-state index contributed by atoms with van der Waals surface area (Å²) in [6.45, 7) is 0.777. The Labute approximate surface area is 164 Å². The fraction of sp³-hybridized carbons (Fsp3) is 0.222. The van der Waals surface area contributed by atoms with Crippen molar-refractivity contribution >= 4 is 34.1 Å². The molecule has 0 saturated carbocycles. The van der Waals surface area contributed by atoms with Gasteiger partial charge in [-0.25, -0.2) is 0 Å². The summed E-state index contributed by atoms with van der Waals surface area (Å²) >= 11 is 2.88. The van der Waals surface area contributed by atoms with E-state index in [-0.39, 0.29) is 11.5 Å². The van der Waals surface area contributed by atoms with Crippen molar-refractivity contribution in [2.45, 2.75) is 16.6 Å². The fourth-order valence-electron chi connectivity index (χ4n) is 2.24. The number of nitrogens with one attached hydrogen (secondary N) is 1. The van der Waals surface area contributed by atoms with Crippen LogP contribution in [-0.2, 0) is 17.0 Å². The van der Waals surface area contributed by atoms with E-state index >= 15 is 0 Å². The average molecular weight is 403 g/mol. The monoisotopic (exact) mass is 402 g/mol. The van der Waals surface area contributed by atoms with Crippen molar-refractivity contribution in [1.29, 1.82) is 0 Å². The smallest absolute Gasteiger partial charge is 0.258 e. The van der Waals surface area contributed by atoms with Gasteiger partial charge >= 0.3 is 0 Å². The number of hydrogen-bond acceptors (Lipinski definition) is 7. The van der Waals surface area contributed by atoms with Crippen LogP contribution in [0.25, 0.3) is 0 Å². The van der Waals surface area contributed by atoms with Crippen molar-refractivity contribution in [3.8, 4) is 0 Å². The number of carbonyl (C=O) groups is 1. The summed E-state index contributed by atoms with van der Waals surface area (Å²) in [6.07, 6.45) is 1.52. The molecular weight excluding hydrogens is 384 g/mol. The summed E-state index contributed by atoms with van der Waals surface area (Å²) in [5, 5.41) is 11.3. The Balaban J connectivity index is 1.61. The molecule has 1 amide bonds. The minimum Gasteiger partial charge on any atom is -0.383 e. The first-order valence-electron chi connectivity index (χ1n) is 8.17. The molecular formula is C18H18N4O3S2. The van der Waals surface area contributed by atoms with Crippen molar-refractivity contribution in [2.24, 2.45) is 0 Å². The summed E-state index contributed by atoms with van der Waals surface area (Å²) in [6, 6.07) is 12.9. The second-order valence-corrected chi connectivity index (χ2v) is 7.74. The molecule has 9 heteroatoms. The number of ether oxygens (including phenoxy) is 1. The highest BCUT2D eigenvalue weighted by Gasteiger charge is 2.12. The number of benzene rings is 1. The van der Waals surface area contributed by atoms with Gasteiger partial charge in [0.25, 0.3) is 11.5 Å². The highest BCUT2D eigenvalue weighted by molar-refractivity contribution is 8.00. The van der Waals surface area contributed by atoms with Crippen LogP contribution in [-0.4, -0.2) is 34.4 Å². The zero-order valence-corrected chi connectivity index (χ0v) is 16.3. The summed E-state index contributed by atoms with van der Waals surface area (Å²) < 4.78 is 7.20. The molecule has 0 unspecified atom stereocenters. The molecule has 0 fully saturated rings. The minimum atomic E-state index is -0.336. The first-order valence-corrected chi connectivity index (χ1v) is 9.97. The molecule has 1 N–H and O–H groups in total. The number of rotatable bonds is 8. The predicted octanol–water partition coefficient (Wildman–Crippen LogP) is 2.89. The maximum atomic E-state index is 12.4. The summed E-state index contributed by atoms with van der Waals surface area (Å²) in [5.74, 6) is 0.449. The molecule has 7 nitrogen and oxygen atoms in total. The van der Waals surface area contributed by atoms with Gasteiger partial charge in [0.2, 0.25) is 5.13 Å². The molecule has 0 atom stereocenters. The summed E-state index contributed by atoms with van der Waals surface area (Å²) in [5.41, 5.74) is 1.39. The van der Waals surface area contributed by atoms with Gasteiger partial charge in [0.1, 0.15) is 0 Å². The molecule has 0 aliphatic heterocycles. The Hall–Kier alpha value is -2.49. The van der Waals surface area contributed by atoms with E-state index in [0.29, 0.717) is 23.8 Å². The zero-order chi connectivity index (χ0) is 19.1. The number of carbonyl (C=O) groups excluding carboxylic acids is 1. The number of hydrogen-bond donors (Lipinski definition) is 1. The van der Waals surface area contributed by atoms with Crippen LogP contribution in [0.5, 0.6) is 0 Å². The Morgan fingerprint density at radius 2 is 2.04 bits per heavy atom. The number of methoxy groups -OCH3 is 1. The van der Waals surface area contributed by atoms with Crippen molar-refractivity contribution in [3.05, 3.63) is 70.1 Å². The summed E-state index contributed by atoms with van der Waals surface area (Å²) in [4.78, 5) is 24.2. The van der Waals surface area contributed by atoms with Crippen LogP contribution in [0.2, 0.25) is 0 Å². The molecule has 0 aliphatic rings. The Kier molecular flexibility index (Phi) is 6.74. The second-order valence-electron chi connectivity index (χ2n) is 5.54. The van der Waals surface area contributed by atoms with Gasteiger partial charge in [0.15, 0.2) is 4.34 Å². The standard InChI is InChI=1S/C18H18N4O3S2/c1-25-10-9-22-11-14(7-8-15(22)23)16(24)19-17-20-21-18(27-17)26-12-13-5-3-2-4-6-13/h2-8,11H,9-10,12H2,1H3,(H,19,20,24). The van der Waals surface area contributed by atoms with Gasteiger partial charge < -0.3 is 9.30 Å². The quantitative estimate of drug-likeness (QED) is 0.461. The van der Waals surface area contributed by atoms with Gasteiger partial charge in [0.05, 0.1) is 12.2 Å². The molecule has 0 radical (unpaired) electrons.